The summed E-state index contributed by atoms with van der Waals surface area (Å²) in [4.78, 5) is 23.7. The molecule has 33 heavy (non-hydrogen) atoms. The predicted molar refractivity (Wildman–Crippen MR) is 137 cm³/mol. The second-order valence-electron chi connectivity index (χ2n) is 6.76. The van der Waals surface area contributed by atoms with Crippen molar-refractivity contribution < 1.29 is 9.63 Å². The van der Waals surface area contributed by atoms with E-state index in [0.29, 0.717) is 31.7 Å². The molecule has 0 bridgehead atoms. The van der Waals surface area contributed by atoms with Gasteiger partial charge in [0.15, 0.2) is 5.76 Å². The van der Waals surface area contributed by atoms with Crippen LogP contribution >= 0.6 is 0 Å². The molecular formula is C25H36N6O2. The monoisotopic (exact) mass is 452 g/mol. The quantitative estimate of drug-likeness (QED) is 0.203. The summed E-state index contributed by atoms with van der Waals surface area (Å²) in [6.07, 6.45) is 10.2. The fraction of sp³-hybridized carbons (Fsp3) is 0.320. The van der Waals surface area contributed by atoms with Crippen LogP contribution in [-0.4, -0.2) is 29.5 Å². The molecule has 0 saturated heterocycles. The molecule has 1 aliphatic carbocycles. The van der Waals surface area contributed by atoms with E-state index in [1.807, 2.05) is 56.3 Å². The molecule has 8 heteroatoms. The average molecular weight is 453 g/mol. The molecule has 6 N–H and O–H groups in total. The topological polar surface area (TPSA) is 128 Å². The molecule has 1 heterocycles. The Balaban J connectivity index is 0.00000101. The van der Waals surface area contributed by atoms with E-state index < -0.39 is 0 Å². The number of benzene rings is 1. The van der Waals surface area contributed by atoms with Crippen molar-refractivity contribution >= 4 is 29.4 Å². The van der Waals surface area contributed by atoms with Crippen LogP contribution in [0.25, 0.3) is 11.3 Å². The number of hydrogen-bond acceptors (Lipinski definition) is 7. The van der Waals surface area contributed by atoms with E-state index >= 15 is 0 Å². The van der Waals surface area contributed by atoms with Crippen molar-refractivity contribution in [3.05, 3.63) is 71.6 Å². The molecule has 0 fully saturated rings. The number of anilines is 2. The van der Waals surface area contributed by atoms with Crippen LogP contribution in [0.15, 0.2) is 60.3 Å². The van der Waals surface area contributed by atoms with Crippen molar-refractivity contribution in [1.82, 2.24) is 15.3 Å². The Morgan fingerprint density at radius 1 is 1.15 bits per heavy atom. The number of nitrogens with one attached hydrogen (secondary N) is 2. The molecule has 0 spiro atoms. The highest BCUT2D eigenvalue weighted by Gasteiger charge is 2.13. The summed E-state index contributed by atoms with van der Waals surface area (Å²) in [5, 5.41) is 5.82. The Morgan fingerprint density at radius 3 is 2.45 bits per heavy atom. The number of nitrogens with two attached hydrogens (primary N) is 2. The highest BCUT2D eigenvalue weighted by molar-refractivity contribution is 5.80. The third-order valence-electron chi connectivity index (χ3n) is 4.17. The number of amides is 1. The van der Waals surface area contributed by atoms with Gasteiger partial charge in [0.2, 0.25) is 12.4 Å². The van der Waals surface area contributed by atoms with Crippen LogP contribution in [-0.2, 0) is 9.63 Å². The van der Waals surface area contributed by atoms with Gasteiger partial charge in [0.1, 0.15) is 0 Å². The molecule has 0 radical (unpaired) electrons. The Bertz CT molecular complexity index is 936. The first-order valence-corrected chi connectivity index (χ1v) is 11.2. The van der Waals surface area contributed by atoms with Gasteiger partial charge in [-0.3, -0.25) is 4.79 Å². The van der Waals surface area contributed by atoms with Gasteiger partial charge in [0.25, 0.3) is 0 Å². The first kappa shape index (κ1) is 27.4. The summed E-state index contributed by atoms with van der Waals surface area (Å²) in [6, 6.07) is 9.53. The maximum atomic E-state index is 10.3. The number of hydrogen-bond donors (Lipinski definition) is 4. The average Bonchev–Trinajstić information content (AvgIpc) is 2.85. The molecule has 0 unspecified atom stereocenters. The lowest BCUT2D eigenvalue weighted by Gasteiger charge is -2.15. The number of allylic oxidation sites excluding steroid dienone is 5. The number of rotatable bonds is 8. The van der Waals surface area contributed by atoms with E-state index in [1.165, 1.54) is 6.42 Å². The van der Waals surface area contributed by atoms with Crippen LogP contribution in [0.1, 0.15) is 51.8 Å². The summed E-state index contributed by atoms with van der Waals surface area (Å²) in [5.41, 5.74) is 10.1. The minimum Gasteiger partial charge on any atom is -0.411 e. The summed E-state index contributed by atoms with van der Waals surface area (Å²) >= 11 is 0. The lowest BCUT2D eigenvalue weighted by atomic mass is 9.96. The van der Waals surface area contributed by atoms with E-state index in [4.69, 9.17) is 16.5 Å². The fourth-order valence-corrected chi connectivity index (χ4v) is 2.87. The van der Waals surface area contributed by atoms with Gasteiger partial charge in [0, 0.05) is 41.7 Å². The fourth-order valence-electron chi connectivity index (χ4n) is 2.87. The maximum Gasteiger partial charge on any atom is 0.220 e. The number of carbonyl (C=O) groups excluding carboxylic acids is 1. The first-order valence-electron chi connectivity index (χ1n) is 11.2. The lowest BCUT2D eigenvalue weighted by molar-refractivity contribution is -0.109. The molecule has 1 aromatic heterocycles. The minimum absolute atomic E-state index is 0.227. The highest BCUT2D eigenvalue weighted by Crippen LogP contribution is 2.30. The van der Waals surface area contributed by atoms with Crippen LogP contribution in [0.5, 0.6) is 0 Å². The highest BCUT2D eigenvalue weighted by atomic mass is 16.6. The number of aromatic nitrogens is 2. The zero-order valence-corrected chi connectivity index (χ0v) is 20.0. The van der Waals surface area contributed by atoms with Gasteiger partial charge in [0.05, 0.1) is 5.69 Å². The molecule has 178 valence electrons. The summed E-state index contributed by atoms with van der Waals surface area (Å²) in [6.45, 7) is 9.44. The predicted octanol–water partition coefficient (Wildman–Crippen LogP) is 4.30. The van der Waals surface area contributed by atoms with Crippen molar-refractivity contribution in [2.75, 3.05) is 24.1 Å². The maximum absolute atomic E-state index is 10.3. The molecule has 1 aromatic carbocycles. The third-order valence-corrected chi connectivity index (χ3v) is 4.17. The van der Waals surface area contributed by atoms with Gasteiger partial charge in [-0.25, -0.2) is 9.97 Å². The Hall–Kier alpha value is -3.65. The molecule has 8 nitrogen and oxygen atoms in total. The van der Waals surface area contributed by atoms with Crippen molar-refractivity contribution in [2.24, 2.45) is 5.90 Å². The molecule has 2 aromatic rings. The molecule has 1 amide bonds. The molecule has 1 aliphatic rings. The number of nitrogen functional groups attached to an aromatic ring is 1. The van der Waals surface area contributed by atoms with Gasteiger partial charge in [-0.05, 0) is 42.8 Å². The van der Waals surface area contributed by atoms with E-state index in [9.17, 15) is 4.79 Å². The first-order chi connectivity index (χ1) is 16.1. The zero-order chi connectivity index (χ0) is 24.5. The Kier molecular flexibility index (Phi) is 13.3. The largest absolute Gasteiger partial charge is 0.411 e. The molecule has 3 rings (SSSR count). The molecular weight excluding hydrogens is 416 g/mol. The van der Waals surface area contributed by atoms with Gasteiger partial charge >= 0.3 is 0 Å². The van der Waals surface area contributed by atoms with Crippen molar-refractivity contribution in [3.8, 4) is 0 Å². The molecule has 0 atom stereocenters. The van der Waals surface area contributed by atoms with Crippen LogP contribution in [0, 0.1) is 0 Å². The summed E-state index contributed by atoms with van der Waals surface area (Å²) in [7, 11) is 0. The van der Waals surface area contributed by atoms with Gasteiger partial charge < -0.3 is 21.2 Å². The molecule has 0 saturated carbocycles. The Morgan fingerprint density at radius 2 is 1.85 bits per heavy atom. The second-order valence-corrected chi connectivity index (χ2v) is 6.76. The SMILES string of the molecule is CC.CCC.NO/C(=C1/C=C(c2ccnc(N)n2)C=CC1)c1ccc(NCCNC=O)cc1. The number of nitrogens with zero attached hydrogens (tertiary/aromatic N) is 2. The second kappa shape index (κ2) is 16.0. The zero-order valence-electron chi connectivity index (χ0n) is 20.0. The number of carbonyl (C=O) groups is 1. The minimum atomic E-state index is 0.227. The normalized spacial score (nSPS) is 13.3. The van der Waals surface area contributed by atoms with Crippen LogP contribution in [0.2, 0.25) is 0 Å². The lowest BCUT2D eigenvalue weighted by Crippen LogP contribution is -2.20. The molecule has 0 aliphatic heterocycles. The van der Waals surface area contributed by atoms with Crippen LogP contribution < -0.4 is 22.3 Å². The van der Waals surface area contributed by atoms with Crippen LogP contribution in [0.4, 0.5) is 11.6 Å². The third kappa shape index (κ3) is 9.16. The van der Waals surface area contributed by atoms with E-state index in [1.54, 1.807) is 12.3 Å². The van der Waals surface area contributed by atoms with Gasteiger partial charge in [-0.1, -0.05) is 46.3 Å². The van der Waals surface area contributed by atoms with Gasteiger partial charge in [-0.15, -0.1) is 0 Å². The summed E-state index contributed by atoms with van der Waals surface area (Å²) < 4.78 is 0. The Labute approximate surface area is 196 Å². The van der Waals surface area contributed by atoms with Crippen molar-refractivity contribution in [3.63, 3.8) is 0 Å². The van der Waals surface area contributed by atoms with Gasteiger partial charge in [-0.2, -0.15) is 5.90 Å². The van der Waals surface area contributed by atoms with E-state index in [2.05, 4.69) is 34.4 Å². The van der Waals surface area contributed by atoms with E-state index in [-0.39, 0.29) is 5.95 Å². The van der Waals surface area contributed by atoms with E-state index in [0.717, 1.165) is 28.1 Å². The van der Waals surface area contributed by atoms with Crippen molar-refractivity contribution in [2.45, 2.75) is 40.5 Å². The smallest absolute Gasteiger partial charge is 0.220 e. The van der Waals surface area contributed by atoms with Crippen LogP contribution in [0.3, 0.4) is 0 Å². The standard InChI is InChI=1S/C20H22N6O2.C3H8.C2H6/c21-20-25-9-8-18(26-20)15-2-1-3-16(12-15)19(28-22)14-4-6-17(7-5-14)24-11-10-23-13-27;1-3-2;1-2/h1-2,4-9,12-13,24H,3,10-11,22H2,(H,23,27)(H2,21,25,26);3H2,1-2H3;1-2H3/b19-16+;;. The summed E-state index contributed by atoms with van der Waals surface area (Å²) in [5.74, 6) is 6.40. The van der Waals surface area contributed by atoms with Crippen molar-refractivity contribution in [1.29, 1.82) is 0 Å².